The van der Waals surface area contributed by atoms with E-state index in [9.17, 15) is 0 Å². The van der Waals surface area contributed by atoms with Crippen molar-refractivity contribution in [1.29, 1.82) is 0 Å². The third-order valence-electron chi connectivity index (χ3n) is 4.03. The number of aliphatic hydroxyl groups is 1. The summed E-state index contributed by atoms with van der Waals surface area (Å²) >= 11 is 6.20. The van der Waals surface area contributed by atoms with Gasteiger partial charge in [-0.1, -0.05) is 17.7 Å². The Morgan fingerprint density at radius 3 is 2.55 bits per heavy atom. The van der Waals surface area contributed by atoms with Crippen LogP contribution >= 0.6 is 11.6 Å². The lowest BCUT2D eigenvalue weighted by Crippen LogP contribution is -2.47. The summed E-state index contributed by atoms with van der Waals surface area (Å²) < 4.78 is 5.19. The molecule has 0 bridgehead atoms. The van der Waals surface area contributed by atoms with Crippen molar-refractivity contribution in [3.8, 4) is 5.75 Å². The van der Waals surface area contributed by atoms with E-state index in [0.717, 1.165) is 38.5 Å². The molecule has 1 aromatic rings. The quantitative estimate of drug-likeness (QED) is 0.902. The molecule has 5 heteroatoms. The zero-order valence-electron chi connectivity index (χ0n) is 12.2. The second-order valence-electron chi connectivity index (χ2n) is 5.17. The molecule has 1 unspecified atom stereocenters. The minimum absolute atomic E-state index is 0.240. The Hall–Kier alpha value is -0.810. The number of methoxy groups -OCH3 is 1. The molecule has 2 rings (SSSR count). The fourth-order valence-electron chi connectivity index (χ4n) is 2.67. The van der Waals surface area contributed by atoms with E-state index in [4.69, 9.17) is 21.4 Å². The Bertz CT molecular complexity index is 434. The van der Waals surface area contributed by atoms with Gasteiger partial charge in [0, 0.05) is 38.8 Å². The summed E-state index contributed by atoms with van der Waals surface area (Å²) in [6.07, 6.45) is 0. The Labute approximate surface area is 125 Å². The third-order valence-corrected chi connectivity index (χ3v) is 4.32. The van der Waals surface area contributed by atoms with Gasteiger partial charge in [0.2, 0.25) is 0 Å². The molecule has 0 aromatic heterocycles. The van der Waals surface area contributed by atoms with Crippen molar-refractivity contribution in [3.05, 3.63) is 28.8 Å². The Morgan fingerprint density at radius 2 is 2.00 bits per heavy atom. The van der Waals surface area contributed by atoms with E-state index in [-0.39, 0.29) is 6.61 Å². The lowest BCUT2D eigenvalue weighted by Gasteiger charge is -2.38. The summed E-state index contributed by atoms with van der Waals surface area (Å²) in [6, 6.07) is 6.34. The van der Waals surface area contributed by atoms with Crippen LogP contribution in [0.5, 0.6) is 5.75 Å². The van der Waals surface area contributed by atoms with Gasteiger partial charge in [-0.15, -0.1) is 0 Å². The Balaban J connectivity index is 1.98. The first-order valence-corrected chi connectivity index (χ1v) is 7.44. The topological polar surface area (TPSA) is 35.9 Å². The molecule has 4 nitrogen and oxygen atoms in total. The number of piperazine rings is 1. The van der Waals surface area contributed by atoms with E-state index in [0.29, 0.717) is 11.1 Å². The number of β-amino-alcohol motifs (C(OH)–C–C–N with tert-alkyl or cyclic N) is 1. The molecule has 0 spiro atoms. The van der Waals surface area contributed by atoms with Gasteiger partial charge in [-0.2, -0.15) is 0 Å². The fraction of sp³-hybridized carbons (Fsp3) is 0.600. The standard InChI is InChI=1S/C15H23ClN2O2/c1-12(13-3-4-15(20-2)14(16)11-13)18-7-5-17(6-8-18)9-10-19/h3-4,11-12,19H,5-10H2,1-2H3. The van der Waals surface area contributed by atoms with Gasteiger partial charge in [-0.05, 0) is 24.6 Å². The van der Waals surface area contributed by atoms with Crippen molar-refractivity contribution in [2.75, 3.05) is 46.4 Å². The highest BCUT2D eigenvalue weighted by molar-refractivity contribution is 6.32. The number of rotatable bonds is 5. The zero-order valence-corrected chi connectivity index (χ0v) is 12.9. The summed E-state index contributed by atoms with van der Waals surface area (Å²) in [5, 5.41) is 9.63. The molecule has 20 heavy (non-hydrogen) atoms. The van der Waals surface area contributed by atoms with Crippen LogP contribution in [0, 0.1) is 0 Å². The molecule has 1 atom stereocenters. The number of aliphatic hydroxyl groups excluding tert-OH is 1. The van der Waals surface area contributed by atoms with Crippen LogP contribution in [0.1, 0.15) is 18.5 Å². The van der Waals surface area contributed by atoms with E-state index >= 15 is 0 Å². The molecule has 1 aromatic carbocycles. The minimum Gasteiger partial charge on any atom is -0.495 e. The van der Waals surface area contributed by atoms with Gasteiger partial charge < -0.3 is 9.84 Å². The highest BCUT2D eigenvalue weighted by Gasteiger charge is 2.22. The molecule has 0 amide bonds. The van der Waals surface area contributed by atoms with Crippen molar-refractivity contribution in [3.63, 3.8) is 0 Å². The predicted octanol–water partition coefficient (Wildman–Crippen LogP) is 2.02. The lowest BCUT2D eigenvalue weighted by molar-refractivity contribution is 0.0888. The van der Waals surface area contributed by atoms with Gasteiger partial charge in [0.05, 0.1) is 18.7 Å². The number of ether oxygens (including phenoxy) is 1. The number of hydrogen-bond acceptors (Lipinski definition) is 4. The first-order valence-electron chi connectivity index (χ1n) is 7.06. The number of benzene rings is 1. The largest absolute Gasteiger partial charge is 0.495 e. The number of hydrogen-bond donors (Lipinski definition) is 1. The fourth-order valence-corrected chi connectivity index (χ4v) is 2.94. The molecule has 1 saturated heterocycles. The molecule has 0 saturated carbocycles. The van der Waals surface area contributed by atoms with Crippen molar-refractivity contribution in [2.24, 2.45) is 0 Å². The monoisotopic (exact) mass is 298 g/mol. The highest BCUT2D eigenvalue weighted by Crippen LogP contribution is 2.30. The average molecular weight is 299 g/mol. The molecule has 1 heterocycles. The third kappa shape index (κ3) is 3.64. The van der Waals surface area contributed by atoms with Gasteiger partial charge in [0.25, 0.3) is 0 Å². The predicted molar refractivity (Wildman–Crippen MR) is 81.5 cm³/mol. The minimum atomic E-state index is 0.240. The molecule has 1 N–H and O–H groups in total. The Morgan fingerprint density at radius 1 is 1.30 bits per heavy atom. The summed E-state index contributed by atoms with van der Waals surface area (Å²) in [7, 11) is 1.63. The highest BCUT2D eigenvalue weighted by atomic mass is 35.5. The van der Waals surface area contributed by atoms with Crippen LogP contribution in [-0.2, 0) is 0 Å². The lowest BCUT2D eigenvalue weighted by atomic mass is 10.1. The number of nitrogens with zero attached hydrogens (tertiary/aromatic N) is 2. The van der Waals surface area contributed by atoms with E-state index in [2.05, 4.69) is 22.8 Å². The molecule has 0 aliphatic carbocycles. The van der Waals surface area contributed by atoms with Crippen molar-refractivity contribution in [2.45, 2.75) is 13.0 Å². The van der Waals surface area contributed by atoms with Crippen LogP contribution in [0.4, 0.5) is 0 Å². The van der Waals surface area contributed by atoms with Crippen molar-refractivity contribution in [1.82, 2.24) is 9.80 Å². The molecule has 1 aliphatic heterocycles. The smallest absolute Gasteiger partial charge is 0.137 e. The molecule has 1 fully saturated rings. The van der Waals surface area contributed by atoms with Gasteiger partial charge >= 0.3 is 0 Å². The maximum absolute atomic E-state index is 8.97. The normalized spacial score (nSPS) is 19.0. The van der Waals surface area contributed by atoms with Crippen LogP contribution < -0.4 is 4.74 Å². The van der Waals surface area contributed by atoms with Gasteiger partial charge in [-0.3, -0.25) is 9.80 Å². The second-order valence-corrected chi connectivity index (χ2v) is 5.58. The van der Waals surface area contributed by atoms with Crippen LogP contribution in [0.25, 0.3) is 0 Å². The summed E-state index contributed by atoms with van der Waals surface area (Å²) in [6.45, 7) is 7.28. The van der Waals surface area contributed by atoms with Crippen molar-refractivity contribution >= 4 is 11.6 Å². The van der Waals surface area contributed by atoms with Gasteiger partial charge in [0.15, 0.2) is 0 Å². The second kappa shape index (κ2) is 7.27. The van der Waals surface area contributed by atoms with Gasteiger partial charge in [-0.25, -0.2) is 0 Å². The van der Waals surface area contributed by atoms with E-state index in [1.54, 1.807) is 7.11 Å². The van der Waals surface area contributed by atoms with E-state index in [1.807, 2.05) is 12.1 Å². The van der Waals surface area contributed by atoms with Crippen LogP contribution in [0.3, 0.4) is 0 Å². The molecule has 0 radical (unpaired) electrons. The SMILES string of the molecule is COc1ccc(C(C)N2CCN(CCO)CC2)cc1Cl. The molecule has 1 aliphatic rings. The molecule has 112 valence electrons. The Kier molecular flexibility index (Phi) is 5.66. The van der Waals surface area contributed by atoms with Crippen LogP contribution in [0.2, 0.25) is 5.02 Å². The average Bonchev–Trinajstić information content (AvgIpc) is 2.47. The molecular weight excluding hydrogens is 276 g/mol. The van der Waals surface area contributed by atoms with E-state index in [1.165, 1.54) is 5.56 Å². The summed E-state index contributed by atoms with van der Waals surface area (Å²) in [4.78, 5) is 4.75. The number of halogens is 1. The first-order chi connectivity index (χ1) is 9.65. The maximum Gasteiger partial charge on any atom is 0.137 e. The molecular formula is C15H23ClN2O2. The van der Waals surface area contributed by atoms with E-state index < -0.39 is 0 Å². The van der Waals surface area contributed by atoms with Crippen molar-refractivity contribution < 1.29 is 9.84 Å². The maximum atomic E-state index is 8.97. The zero-order chi connectivity index (χ0) is 14.5. The van der Waals surface area contributed by atoms with Gasteiger partial charge in [0.1, 0.15) is 5.75 Å². The first kappa shape index (κ1) is 15.6. The van der Waals surface area contributed by atoms with Crippen LogP contribution in [-0.4, -0.2) is 61.3 Å². The summed E-state index contributed by atoms with van der Waals surface area (Å²) in [5.41, 5.74) is 1.21. The summed E-state index contributed by atoms with van der Waals surface area (Å²) in [5.74, 6) is 0.718. The van der Waals surface area contributed by atoms with Crippen LogP contribution in [0.15, 0.2) is 18.2 Å².